The molecule has 72 valence electrons. The van der Waals surface area contributed by atoms with Crippen molar-refractivity contribution in [2.24, 2.45) is 0 Å². The van der Waals surface area contributed by atoms with E-state index in [1.807, 2.05) is 12.1 Å². The van der Waals surface area contributed by atoms with Crippen molar-refractivity contribution in [2.45, 2.75) is 6.92 Å². The fourth-order valence-corrected chi connectivity index (χ4v) is 1.41. The molecule has 1 heterocycles. The topological polar surface area (TPSA) is 44.1 Å². The van der Waals surface area contributed by atoms with Gasteiger partial charge < -0.3 is 4.84 Å². The van der Waals surface area contributed by atoms with Gasteiger partial charge in [-0.05, 0) is 23.7 Å². The molecule has 14 heavy (non-hydrogen) atoms. The minimum Gasteiger partial charge on any atom is -0.334 e. The number of fused-ring (bicyclic) bond motifs is 1. The molecule has 0 saturated carbocycles. The van der Waals surface area contributed by atoms with E-state index in [0.717, 1.165) is 0 Å². The lowest BCUT2D eigenvalue weighted by Gasteiger charge is -2.02. The van der Waals surface area contributed by atoms with Crippen LogP contribution in [0.4, 0.5) is 0 Å². The van der Waals surface area contributed by atoms with E-state index in [4.69, 9.17) is 16.4 Å². The zero-order chi connectivity index (χ0) is 10.1. The van der Waals surface area contributed by atoms with Crippen LogP contribution in [0.1, 0.15) is 6.92 Å². The Hall–Kier alpha value is -1.55. The average Bonchev–Trinajstić information content (AvgIpc) is 2.43. The first-order valence-electron chi connectivity index (χ1n) is 4.00. The minimum absolute atomic E-state index is 0.140. The Kier molecular flexibility index (Phi) is 2.13. The smallest absolute Gasteiger partial charge is 0.330 e. The van der Waals surface area contributed by atoms with Crippen LogP contribution in [0.15, 0.2) is 24.3 Å². The summed E-state index contributed by atoms with van der Waals surface area (Å²) in [6, 6.07) is 7.22. The third-order valence-electron chi connectivity index (χ3n) is 1.70. The van der Waals surface area contributed by atoms with Crippen molar-refractivity contribution >= 4 is 28.6 Å². The molecule has 1 aromatic carbocycles. The maximum atomic E-state index is 10.8. The second kappa shape index (κ2) is 3.31. The second-order valence-electron chi connectivity index (χ2n) is 2.75. The number of aromatic nitrogens is 2. The molecule has 0 atom stereocenters. The summed E-state index contributed by atoms with van der Waals surface area (Å²) >= 11 is 5.79. The molecule has 0 aliphatic carbocycles. The Balaban J connectivity index is 2.62. The highest BCUT2D eigenvalue weighted by atomic mass is 35.5. The van der Waals surface area contributed by atoms with Crippen LogP contribution < -0.4 is 4.84 Å². The number of imidazole rings is 1. The van der Waals surface area contributed by atoms with Gasteiger partial charge in [0, 0.05) is 6.92 Å². The summed E-state index contributed by atoms with van der Waals surface area (Å²) in [5, 5.41) is 0.140. The fourth-order valence-electron chi connectivity index (χ4n) is 1.19. The summed E-state index contributed by atoms with van der Waals surface area (Å²) in [6.07, 6.45) is 0. The number of halogens is 1. The molecule has 0 aliphatic rings. The van der Waals surface area contributed by atoms with Crippen LogP contribution in [0.2, 0.25) is 5.28 Å². The molecule has 2 aromatic rings. The highest BCUT2D eigenvalue weighted by Crippen LogP contribution is 2.17. The van der Waals surface area contributed by atoms with E-state index >= 15 is 0 Å². The van der Waals surface area contributed by atoms with Gasteiger partial charge in [0.1, 0.15) is 5.52 Å². The van der Waals surface area contributed by atoms with Crippen LogP contribution in [-0.2, 0) is 4.79 Å². The summed E-state index contributed by atoms with van der Waals surface area (Å²) < 4.78 is 1.21. The molecule has 0 saturated heterocycles. The Morgan fingerprint density at radius 3 is 2.93 bits per heavy atom. The molecule has 0 fully saturated rings. The Morgan fingerprint density at radius 1 is 1.50 bits per heavy atom. The highest BCUT2D eigenvalue weighted by molar-refractivity contribution is 6.29. The van der Waals surface area contributed by atoms with E-state index in [9.17, 15) is 4.79 Å². The molecule has 0 amide bonds. The maximum absolute atomic E-state index is 10.8. The molecule has 0 bridgehead atoms. The first-order chi connectivity index (χ1) is 6.68. The Morgan fingerprint density at radius 2 is 2.21 bits per heavy atom. The largest absolute Gasteiger partial charge is 0.334 e. The van der Waals surface area contributed by atoms with Crippen molar-refractivity contribution in [1.82, 2.24) is 9.71 Å². The van der Waals surface area contributed by atoms with Gasteiger partial charge in [-0.2, -0.15) is 0 Å². The van der Waals surface area contributed by atoms with E-state index < -0.39 is 5.97 Å². The molecular weight excluding hydrogens is 204 g/mol. The predicted octanol–water partition coefficient (Wildman–Crippen LogP) is 1.66. The Bertz CT molecular complexity index is 493. The van der Waals surface area contributed by atoms with Crippen LogP contribution in [-0.4, -0.2) is 15.7 Å². The number of benzene rings is 1. The second-order valence-corrected chi connectivity index (χ2v) is 3.08. The van der Waals surface area contributed by atoms with Crippen molar-refractivity contribution in [3.8, 4) is 0 Å². The fraction of sp³-hybridized carbons (Fsp3) is 0.111. The van der Waals surface area contributed by atoms with Gasteiger partial charge in [0.25, 0.3) is 0 Å². The molecule has 4 nitrogen and oxygen atoms in total. The maximum Gasteiger partial charge on any atom is 0.330 e. The van der Waals surface area contributed by atoms with Crippen LogP contribution in [0.5, 0.6) is 0 Å². The summed E-state index contributed by atoms with van der Waals surface area (Å²) in [6.45, 7) is 1.31. The number of carbonyl (C=O) groups excluding carboxylic acids is 1. The van der Waals surface area contributed by atoms with Gasteiger partial charge in [0.15, 0.2) is 0 Å². The monoisotopic (exact) mass is 210 g/mol. The van der Waals surface area contributed by atoms with Gasteiger partial charge in [0.2, 0.25) is 5.28 Å². The van der Waals surface area contributed by atoms with E-state index in [2.05, 4.69) is 4.98 Å². The van der Waals surface area contributed by atoms with Gasteiger partial charge >= 0.3 is 5.97 Å². The SMILES string of the molecule is CC(=O)On1c(Cl)nc2ccccc21. The van der Waals surface area contributed by atoms with Crippen LogP contribution in [0, 0.1) is 0 Å². The van der Waals surface area contributed by atoms with Gasteiger partial charge in [-0.15, -0.1) is 4.73 Å². The number of hydrogen-bond donors (Lipinski definition) is 0. The summed E-state index contributed by atoms with van der Waals surface area (Å²) in [7, 11) is 0. The van der Waals surface area contributed by atoms with E-state index in [1.54, 1.807) is 12.1 Å². The first kappa shape index (κ1) is 9.02. The van der Waals surface area contributed by atoms with E-state index in [0.29, 0.717) is 11.0 Å². The number of carbonyl (C=O) groups is 1. The zero-order valence-corrected chi connectivity index (χ0v) is 8.15. The number of nitrogens with zero attached hydrogens (tertiary/aromatic N) is 2. The molecule has 5 heteroatoms. The van der Waals surface area contributed by atoms with Crippen LogP contribution in [0.3, 0.4) is 0 Å². The van der Waals surface area contributed by atoms with Crippen molar-refractivity contribution in [3.05, 3.63) is 29.5 Å². The molecular formula is C9H7ClN2O2. The predicted molar refractivity (Wildman–Crippen MR) is 52.0 cm³/mol. The minimum atomic E-state index is -0.435. The third-order valence-corrected chi connectivity index (χ3v) is 1.94. The van der Waals surface area contributed by atoms with E-state index in [-0.39, 0.29) is 5.28 Å². The van der Waals surface area contributed by atoms with Crippen molar-refractivity contribution in [1.29, 1.82) is 0 Å². The van der Waals surface area contributed by atoms with Crippen LogP contribution in [0.25, 0.3) is 11.0 Å². The quantitative estimate of drug-likeness (QED) is 0.719. The molecule has 1 aromatic heterocycles. The van der Waals surface area contributed by atoms with Gasteiger partial charge in [-0.1, -0.05) is 12.1 Å². The number of hydrogen-bond acceptors (Lipinski definition) is 3. The summed E-state index contributed by atoms with van der Waals surface area (Å²) in [5.41, 5.74) is 1.37. The molecule has 0 aliphatic heterocycles. The number of rotatable bonds is 1. The normalized spacial score (nSPS) is 10.4. The van der Waals surface area contributed by atoms with Crippen molar-refractivity contribution in [3.63, 3.8) is 0 Å². The molecule has 0 spiro atoms. The highest BCUT2D eigenvalue weighted by Gasteiger charge is 2.10. The first-order valence-corrected chi connectivity index (χ1v) is 4.38. The van der Waals surface area contributed by atoms with E-state index in [1.165, 1.54) is 11.7 Å². The van der Waals surface area contributed by atoms with Crippen LogP contribution >= 0.6 is 11.6 Å². The summed E-state index contributed by atoms with van der Waals surface area (Å²) in [5.74, 6) is -0.435. The molecule has 0 unspecified atom stereocenters. The van der Waals surface area contributed by atoms with Crippen molar-refractivity contribution < 1.29 is 9.63 Å². The summed E-state index contributed by atoms with van der Waals surface area (Å²) in [4.78, 5) is 19.7. The Labute approximate surface area is 85.0 Å². The van der Waals surface area contributed by atoms with Gasteiger partial charge in [-0.25, -0.2) is 9.78 Å². The molecule has 0 N–H and O–H groups in total. The molecule has 2 rings (SSSR count). The van der Waals surface area contributed by atoms with Crippen molar-refractivity contribution in [2.75, 3.05) is 0 Å². The third kappa shape index (κ3) is 1.44. The lowest BCUT2D eigenvalue weighted by molar-refractivity contribution is -0.140. The lowest BCUT2D eigenvalue weighted by Crippen LogP contribution is -2.16. The number of para-hydroxylation sites is 2. The van der Waals surface area contributed by atoms with Gasteiger partial charge in [0.05, 0.1) is 5.52 Å². The standard InChI is InChI=1S/C9H7ClN2O2/c1-6(13)14-12-8-5-3-2-4-7(8)11-9(12)10/h2-5H,1H3. The zero-order valence-electron chi connectivity index (χ0n) is 7.40. The lowest BCUT2D eigenvalue weighted by atomic mass is 10.3. The van der Waals surface area contributed by atoms with Gasteiger partial charge in [-0.3, -0.25) is 0 Å². The molecule has 0 radical (unpaired) electrons. The average molecular weight is 211 g/mol.